The Labute approximate surface area is 74.6 Å². The fourth-order valence-electron chi connectivity index (χ4n) is 1.17. The molecule has 0 saturated carbocycles. The lowest BCUT2D eigenvalue weighted by Crippen LogP contribution is -2.21. The van der Waals surface area contributed by atoms with Crippen molar-refractivity contribution in [2.75, 3.05) is 7.11 Å². The van der Waals surface area contributed by atoms with Crippen molar-refractivity contribution in [3.63, 3.8) is 0 Å². The third-order valence-electron chi connectivity index (χ3n) is 1.99. The quantitative estimate of drug-likeness (QED) is 0.468. The lowest BCUT2D eigenvalue weighted by Gasteiger charge is -2.16. The minimum absolute atomic E-state index is 0.0213. The van der Waals surface area contributed by atoms with Crippen molar-refractivity contribution in [3.05, 3.63) is 12.7 Å². The molecule has 1 atom stereocenters. The van der Waals surface area contributed by atoms with Crippen LogP contribution in [0.1, 0.15) is 26.7 Å². The van der Waals surface area contributed by atoms with Gasteiger partial charge in [0, 0.05) is 0 Å². The minimum Gasteiger partial charge on any atom is -0.469 e. The monoisotopic (exact) mass is 170 g/mol. The molecule has 0 bridgehead atoms. The summed E-state index contributed by atoms with van der Waals surface area (Å²) in [5, 5.41) is 0. The third kappa shape index (κ3) is 3.56. The van der Waals surface area contributed by atoms with Gasteiger partial charge < -0.3 is 4.74 Å². The summed E-state index contributed by atoms with van der Waals surface area (Å²) in [5.41, 5.74) is 0. The first-order valence-corrected chi connectivity index (χ1v) is 4.32. The van der Waals surface area contributed by atoms with Crippen molar-refractivity contribution in [2.24, 2.45) is 11.8 Å². The summed E-state index contributed by atoms with van der Waals surface area (Å²) in [6, 6.07) is 0. The SMILES string of the molecule is C=CCCC(C(=O)OC)C(C)C. The van der Waals surface area contributed by atoms with E-state index in [9.17, 15) is 4.79 Å². The number of allylic oxidation sites excluding steroid dienone is 1. The van der Waals surface area contributed by atoms with E-state index in [1.54, 1.807) is 0 Å². The molecule has 0 spiro atoms. The average Bonchev–Trinajstić information content (AvgIpc) is 2.04. The highest BCUT2D eigenvalue weighted by molar-refractivity contribution is 5.72. The predicted octanol–water partition coefficient (Wildman–Crippen LogP) is 2.40. The van der Waals surface area contributed by atoms with Crippen LogP contribution in [-0.4, -0.2) is 13.1 Å². The number of hydrogen-bond donors (Lipinski definition) is 0. The first kappa shape index (κ1) is 11.2. The average molecular weight is 170 g/mol. The molecule has 2 heteroatoms. The van der Waals surface area contributed by atoms with E-state index in [1.807, 2.05) is 19.9 Å². The van der Waals surface area contributed by atoms with Gasteiger partial charge in [0.2, 0.25) is 0 Å². The topological polar surface area (TPSA) is 26.3 Å². The van der Waals surface area contributed by atoms with Crippen LogP contribution in [0.5, 0.6) is 0 Å². The highest BCUT2D eigenvalue weighted by Gasteiger charge is 2.21. The Morgan fingerprint density at radius 1 is 1.58 bits per heavy atom. The molecule has 0 aromatic rings. The second-order valence-electron chi connectivity index (χ2n) is 3.24. The summed E-state index contributed by atoms with van der Waals surface area (Å²) in [6.07, 6.45) is 3.55. The zero-order chi connectivity index (χ0) is 9.56. The summed E-state index contributed by atoms with van der Waals surface area (Å²) < 4.78 is 4.70. The molecule has 0 rings (SSSR count). The second-order valence-corrected chi connectivity index (χ2v) is 3.24. The summed E-state index contributed by atoms with van der Waals surface area (Å²) in [6.45, 7) is 7.69. The largest absolute Gasteiger partial charge is 0.469 e. The highest BCUT2D eigenvalue weighted by atomic mass is 16.5. The Kier molecular flexibility index (Phi) is 5.43. The van der Waals surface area contributed by atoms with Crippen LogP contribution in [0.25, 0.3) is 0 Å². The van der Waals surface area contributed by atoms with Gasteiger partial charge in [-0.2, -0.15) is 0 Å². The molecule has 0 aromatic carbocycles. The van der Waals surface area contributed by atoms with E-state index in [1.165, 1.54) is 7.11 Å². The van der Waals surface area contributed by atoms with Crippen molar-refractivity contribution in [3.8, 4) is 0 Å². The lowest BCUT2D eigenvalue weighted by atomic mass is 9.91. The van der Waals surface area contributed by atoms with Crippen molar-refractivity contribution >= 4 is 5.97 Å². The van der Waals surface area contributed by atoms with Crippen LogP contribution in [0.4, 0.5) is 0 Å². The standard InChI is InChI=1S/C10H18O2/c1-5-6-7-9(8(2)3)10(11)12-4/h5,8-9H,1,6-7H2,2-4H3. The fourth-order valence-corrected chi connectivity index (χ4v) is 1.17. The van der Waals surface area contributed by atoms with Crippen LogP contribution in [0.15, 0.2) is 12.7 Å². The molecule has 0 aromatic heterocycles. The summed E-state index contributed by atoms with van der Waals surface area (Å²) in [5.74, 6) is 0.261. The normalized spacial score (nSPS) is 12.7. The Balaban J connectivity index is 4.03. The maximum atomic E-state index is 11.2. The Morgan fingerprint density at radius 2 is 2.17 bits per heavy atom. The summed E-state index contributed by atoms with van der Waals surface area (Å²) >= 11 is 0. The van der Waals surface area contributed by atoms with Crippen molar-refractivity contribution in [1.82, 2.24) is 0 Å². The number of carbonyl (C=O) groups excluding carboxylic acids is 1. The number of ether oxygens (including phenoxy) is 1. The van der Waals surface area contributed by atoms with E-state index in [4.69, 9.17) is 4.74 Å². The van der Waals surface area contributed by atoms with Gasteiger partial charge in [-0.3, -0.25) is 4.79 Å². The van der Waals surface area contributed by atoms with Gasteiger partial charge >= 0.3 is 5.97 Å². The number of esters is 1. The predicted molar refractivity (Wildman–Crippen MR) is 49.8 cm³/mol. The molecule has 1 unspecified atom stereocenters. The third-order valence-corrected chi connectivity index (χ3v) is 1.99. The number of carbonyl (C=O) groups is 1. The molecule has 0 heterocycles. The molecule has 2 nitrogen and oxygen atoms in total. The maximum Gasteiger partial charge on any atom is 0.308 e. The van der Waals surface area contributed by atoms with E-state index in [0.29, 0.717) is 5.92 Å². The molecule has 0 fully saturated rings. The lowest BCUT2D eigenvalue weighted by molar-refractivity contribution is -0.147. The van der Waals surface area contributed by atoms with Crippen molar-refractivity contribution < 1.29 is 9.53 Å². The molecule has 0 radical (unpaired) electrons. The molecule has 0 amide bonds. The number of hydrogen-bond acceptors (Lipinski definition) is 2. The maximum absolute atomic E-state index is 11.2. The molecular weight excluding hydrogens is 152 g/mol. The van der Waals surface area contributed by atoms with Gasteiger partial charge in [0.05, 0.1) is 13.0 Å². The molecule has 0 aliphatic heterocycles. The van der Waals surface area contributed by atoms with Gasteiger partial charge in [0.25, 0.3) is 0 Å². The van der Waals surface area contributed by atoms with Crippen molar-refractivity contribution in [2.45, 2.75) is 26.7 Å². The summed E-state index contributed by atoms with van der Waals surface area (Å²) in [7, 11) is 1.44. The smallest absolute Gasteiger partial charge is 0.308 e. The van der Waals surface area contributed by atoms with Gasteiger partial charge in [-0.15, -0.1) is 6.58 Å². The summed E-state index contributed by atoms with van der Waals surface area (Å²) in [4.78, 5) is 11.2. The van der Waals surface area contributed by atoms with Crippen LogP contribution in [0.2, 0.25) is 0 Å². The van der Waals surface area contributed by atoms with Crippen LogP contribution in [0, 0.1) is 11.8 Å². The zero-order valence-electron chi connectivity index (χ0n) is 8.17. The Hall–Kier alpha value is -0.790. The van der Waals surface area contributed by atoms with E-state index in [2.05, 4.69) is 6.58 Å². The molecule has 12 heavy (non-hydrogen) atoms. The first-order chi connectivity index (χ1) is 5.63. The van der Waals surface area contributed by atoms with E-state index < -0.39 is 0 Å². The molecule has 70 valence electrons. The first-order valence-electron chi connectivity index (χ1n) is 4.32. The van der Waals surface area contributed by atoms with Gasteiger partial charge in [0.15, 0.2) is 0 Å². The van der Waals surface area contributed by atoms with Crippen molar-refractivity contribution in [1.29, 1.82) is 0 Å². The second kappa shape index (κ2) is 5.81. The Morgan fingerprint density at radius 3 is 2.50 bits per heavy atom. The fraction of sp³-hybridized carbons (Fsp3) is 0.700. The van der Waals surface area contributed by atoms with Crippen LogP contribution >= 0.6 is 0 Å². The number of methoxy groups -OCH3 is 1. The molecule has 0 aliphatic rings. The molecule has 0 aliphatic carbocycles. The van der Waals surface area contributed by atoms with Crippen LogP contribution in [0.3, 0.4) is 0 Å². The van der Waals surface area contributed by atoms with Crippen LogP contribution in [-0.2, 0) is 9.53 Å². The molecule has 0 saturated heterocycles. The van der Waals surface area contributed by atoms with Gasteiger partial charge in [0.1, 0.15) is 0 Å². The molecule has 0 N–H and O–H groups in total. The van der Waals surface area contributed by atoms with Gasteiger partial charge in [-0.05, 0) is 18.8 Å². The highest BCUT2D eigenvalue weighted by Crippen LogP contribution is 2.18. The van der Waals surface area contributed by atoms with Gasteiger partial charge in [-0.1, -0.05) is 19.9 Å². The van der Waals surface area contributed by atoms with E-state index in [0.717, 1.165) is 12.8 Å². The minimum atomic E-state index is -0.105. The van der Waals surface area contributed by atoms with E-state index in [-0.39, 0.29) is 11.9 Å². The van der Waals surface area contributed by atoms with E-state index >= 15 is 0 Å². The van der Waals surface area contributed by atoms with Crippen LogP contribution < -0.4 is 0 Å². The van der Waals surface area contributed by atoms with Gasteiger partial charge in [-0.25, -0.2) is 0 Å². The Bertz CT molecular complexity index is 150. The zero-order valence-corrected chi connectivity index (χ0v) is 8.17. The number of rotatable bonds is 5. The molecular formula is C10H18O2.